The van der Waals surface area contributed by atoms with E-state index in [-0.39, 0.29) is 5.91 Å². The summed E-state index contributed by atoms with van der Waals surface area (Å²) in [7, 11) is 1.64. The molecule has 0 aliphatic carbocycles. The van der Waals surface area contributed by atoms with Crippen molar-refractivity contribution in [2.75, 3.05) is 20.2 Å². The van der Waals surface area contributed by atoms with Crippen LogP contribution < -0.4 is 4.74 Å². The summed E-state index contributed by atoms with van der Waals surface area (Å²) >= 11 is 0. The lowest BCUT2D eigenvalue weighted by molar-refractivity contribution is -0.124. The normalized spacial score (nSPS) is 17.6. The van der Waals surface area contributed by atoms with Crippen LogP contribution in [0.25, 0.3) is 6.08 Å². The molecule has 1 heterocycles. The molecule has 0 radical (unpaired) electrons. The van der Waals surface area contributed by atoms with Crippen LogP contribution in [0.1, 0.15) is 23.5 Å². The van der Waals surface area contributed by atoms with E-state index in [0.29, 0.717) is 5.92 Å². The summed E-state index contributed by atoms with van der Waals surface area (Å²) in [4.78, 5) is 14.3. The predicted molar refractivity (Wildman–Crippen MR) is 92.4 cm³/mol. The molecule has 2 aromatic carbocycles. The Morgan fingerprint density at radius 1 is 1.13 bits per heavy atom. The molecule has 3 heteroatoms. The van der Waals surface area contributed by atoms with Crippen LogP contribution in [0, 0.1) is 0 Å². The Balaban J connectivity index is 1.59. The Morgan fingerprint density at radius 2 is 1.87 bits per heavy atom. The van der Waals surface area contributed by atoms with Crippen LogP contribution in [0.3, 0.4) is 0 Å². The van der Waals surface area contributed by atoms with E-state index in [1.165, 1.54) is 5.56 Å². The Bertz CT molecular complexity index is 677. The number of amides is 1. The molecule has 1 aliphatic heterocycles. The van der Waals surface area contributed by atoms with Gasteiger partial charge in [-0.05, 0) is 35.8 Å². The SMILES string of the molecule is COc1ccc(/C=C/C(=O)N2CC[C@@H](c3ccccc3)C2)cc1. The molecule has 2 aromatic rings. The molecule has 0 bridgehead atoms. The van der Waals surface area contributed by atoms with E-state index < -0.39 is 0 Å². The van der Waals surface area contributed by atoms with Gasteiger partial charge < -0.3 is 9.64 Å². The highest BCUT2D eigenvalue weighted by Gasteiger charge is 2.25. The number of benzene rings is 2. The average molecular weight is 307 g/mol. The average Bonchev–Trinajstić information content (AvgIpc) is 3.11. The van der Waals surface area contributed by atoms with Crippen LogP contribution in [-0.2, 0) is 4.79 Å². The minimum absolute atomic E-state index is 0.0826. The van der Waals surface area contributed by atoms with Crippen molar-refractivity contribution in [1.82, 2.24) is 4.90 Å². The highest BCUT2D eigenvalue weighted by molar-refractivity contribution is 5.92. The molecule has 0 spiro atoms. The van der Waals surface area contributed by atoms with E-state index in [1.807, 2.05) is 41.3 Å². The first-order valence-electron chi connectivity index (χ1n) is 7.92. The summed E-state index contributed by atoms with van der Waals surface area (Å²) in [5.41, 5.74) is 2.32. The summed E-state index contributed by atoms with van der Waals surface area (Å²) in [6, 6.07) is 18.1. The number of hydrogen-bond donors (Lipinski definition) is 0. The molecule has 23 heavy (non-hydrogen) atoms. The zero-order chi connectivity index (χ0) is 16.1. The Morgan fingerprint density at radius 3 is 2.57 bits per heavy atom. The molecular formula is C20H21NO2. The van der Waals surface area contributed by atoms with Crippen molar-refractivity contribution < 1.29 is 9.53 Å². The van der Waals surface area contributed by atoms with E-state index in [1.54, 1.807) is 13.2 Å². The molecule has 118 valence electrons. The largest absolute Gasteiger partial charge is 0.497 e. The summed E-state index contributed by atoms with van der Waals surface area (Å²) in [6.07, 6.45) is 4.55. The lowest BCUT2D eigenvalue weighted by Gasteiger charge is -2.14. The van der Waals surface area contributed by atoms with E-state index in [9.17, 15) is 4.79 Å². The van der Waals surface area contributed by atoms with Crippen LogP contribution >= 0.6 is 0 Å². The van der Waals surface area contributed by atoms with Crippen LogP contribution in [0.5, 0.6) is 5.75 Å². The topological polar surface area (TPSA) is 29.5 Å². The number of carbonyl (C=O) groups is 1. The van der Waals surface area contributed by atoms with Gasteiger partial charge in [0.1, 0.15) is 5.75 Å². The van der Waals surface area contributed by atoms with Crippen LogP contribution in [0.2, 0.25) is 0 Å². The van der Waals surface area contributed by atoms with E-state index in [4.69, 9.17) is 4.74 Å². The van der Waals surface area contributed by atoms with Crippen molar-refractivity contribution in [1.29, 1.82) is 0 Å². The lowest BCUT2D eigenvalue weighted by Crippen LogP contribution is -2.26. The molecule has 1 atom stereocenters. The maximum atomic E-state index is 12.3. The highest BCUT2D eigenvalue weighted by Crippen LogP contribution is 2.27. The summed E-state index contributed by atoms with van der Waals surface area (Å²) in [5, 5.41) is 0. The Labute approximate surface area is 137 Å². The predicted octanol–water partition coefficient (Wildman–Crippen LogP) is 3.72. The molecule has 1 aliphatic rings. The minimum atomic E-state index is 0.0826. The third-order valence-corrected chi connectivity index (χ3v) is 4.31. The highest BCUT2D eigenvalue weighted by atomic mass is 16.5. The molecule has 1 fully saturated rings. The molecule has 1 amide bonds. The molecule has 0 unspecified atom stereocenters. The van der Waals surface area contributed by atoms with Gasteiger partial charge >= 0.3 is 0 Å². The zero-order valence-electron chi connectivity index (χ0n) is 13.3. The van der Waals surface area contributed by atoms with Crippen LogP contribution in [0.15, 0.2) is 60.7 Å². The van der Waals surface area contributed by atoms with Gasteiger partial charge in [-0.3, -0.25) is 4.79 Å². The van der Waals surface area contributed by atoms with Crippen LogP contribution in [0.4, 0.5) is 0 Å². The number of nitrogens with zero attached hydrogens (tertiary/aromatic N) is 1. The molecular weight excluding hydrogens is 286 g/mol. The second kappa shape index (κ2) is 7.14. The first-order valence-corrected chi connectivity index (χ1v) is 7.92. The number of likely N-dealkylation sites (tertiary alicyclic amines) is 1. The monoisotopic (exact) mass is 307 g/mol. The van der Waals surface area contributed by atoms with Gasteiger partial charge in [-0.15, -0.1) is 0 Å². The summed E-state index contributed by atoms with van der Waals surface area (Å²) in [5.74, 6) is 1.35. The second-order valence-corrected chi connectivity index (χ2v) is 5.79. The number of carbonyl (C=O) groups excluding carboxylic acids is 1. The van der Waals surface area contributed by atoms with Crippen LogP contribution in [-0.4, -0.2) is 31.0 Å². The molecule has 0 saturated carbocycles. The third kappa shape index (κ3) is 3.81. The van der Waals surface area contributed by atoms with Gasteiger partial charge in [-0.2, -0.15) is 0 Å². The maximum absolute atomic E-state index is 12.3. The van der Waals surface area contributed by atoms with Crippen molar-refractivity contribution >= 4 is 12.0 Å². The molecule has 1 saturated heterocycles. The van der Waals surface area contributed by atoms with Crippen molar-refractivity contribution in [3.63, 3.8) is 0 Å². The Kier molecular flexibility index (Phi) is 4.77. The second-order valence-electron chi connectivity index (χ2n) is 5.79. The van der Waals surface area contributed by atoms with Gasteiger partial charge in [-0.25, -0.2) is 0 Å². The summed E-state index contributed by atoms with van der Waals surface area (Å²) < 4.78 is 5.13. The fraction of sp³-hybridized carbons (Fsp3) is 0.250. The zero-order valence-corrected chi connectivity index (χ0v) is 13.3. The first-order chi connectivity index (χ1) is 11.3. The minimum Gasteiger partial charge on any atom is -0.497 e. The fourth-order valence-electron chi connectivity index (χ4n) is 2.95. The van der Waals surface area contributed by atoms with Crippen molar-refractivity contribution in [2.24, 2.45) is 0 Å². The van der Waals surface area contributed by atoms with Gasteiger partial charge in [0.05, 0.1) is 7.11 Å². The number of ether oxygens (including phenoxy) is 1. The van der Waals surface area contributed by atoms with Crippen molar-refractivity contribution in [2.45, 2.75) is 12.3 Å². The number of rotatable bonds is 4. The maximum Gasteiger partial charge on any atom is 0.246 e. The smallest absolute Gasteiger partial charge is 0.246 e. The van der Waals surface area contributed by atoms with E-state index in [2.05, 4.69) is 24.3 Å². The molecule has 0 aromatic heterocycles. The molecule has 3 rings (SSSR count). The van der Waals surface area contributed by atoms with Crippen molar-refractivity contribution in [3.05, 3.63) is 71.8 Å². The standard InChI is InChI=1S/C20H21NO2/c1-23-19-10-7-16(8-11-19)9-12-20(22)21-14-13-18(15-21)17-5-3-2-4-6-17/h2-12,18H,13-15H2,1H3/b12-9+/t18-/m1/s1. The quantitative estimate of drug-likeness (QED) is 0.806. The van der Waals surface area contributed by atoms with Gasteiger partial charge in [0.25, 0.3) is 0 Å². The van der Waals surface area contributed by atoms with Gasteiger partial charge in [0.15, 0.2) is 0 Å². The number of hydrogen-bond acceptors (Lipinski definition) is 2. The molecule has 3 nitrogen and oxygen atoms in total. The first kappa shape index (κ1) is 15.3. The van der Waals surface area contributed by atoms with Gasteiger partial charge in [0.2, 0.25) is 5.91 Å². The number of methoxy groups -OCH3 is 1. The molecule has 0 N–H and O–H groups in total. The summed E-state index contributed by atoms with van der Waals surface area (Å²) in [6.45, 7) is 1.63. The van der Waals surface area contributed by atoms with E-state index in [0.717, 1.165) is 30.8 Å². The van der Waals surface area contributed by atoms with E-state index >= 15 is 0 Å². The third-order valence-electron chi connectivity index (χ3n) is 4.31. The van der Waals surface area contributed by atoms with Crippen molar-refractivity contribution in [3.8, 4) is 5.75 Å². The fourth-order valence-corrected chi connectivity index (χ4v) is 2.95. The lowest BCUT2D eigenvalue weighted by atomic mass is 9.99. The van der Waals surface area contributed by atoms with Gasteiger partial charge in [-0.1, -0.05) is 42.5 Å². The Hall–Kier alpha value is -2.55. The van der Waals surface area contributed by atoms with Gasteiger partial charge in [0, 0.05) is 25.1 Å².